The Morgan fingerprint density at radius 3 is 2.47 bits per heavy atom. The number of amides is 1. The minimum absolute atomic E-state index is 0.110. The number of ether oxygens (including phenoxy) is 3. The SMILES string of the molecule is CCc1ccc(OCCCOc2c(C=C3SC(=S)N(C)C3=O)cccc2OC)cc1. The first-order chi connectivity index (χ1) is 14.5. The van der Waals surface area contributed by atoms with E-state index in [-0.39, 0.29) is 5.91 Å². The summed E-state index contributed by atoms with van der Waals surface area (Å²) in [5, 5.41) is 0. The lowest BCUT2D eigenvalue weighted by Gasteiger charge is -2.14. The zero-order chi connectivity index (χ0) is 21.5. The van der Waals surface area contributed by atoms with Gasteiger partial charge in [0.25, 0.3) is 5.91 Å². The Morgan fingerprint density at radius 2 is 1.83 bits per heavy atom. The highest BCUT2D eigenvalue weighted by Gasteiger charge is 2.29. The normalized spacial score (nSPS) is 15.0. The summed E-state index contributed by atoms with van der Waals surface area (Å²) >= 11 is 6.49. The Morgan fingerprint density at radius 1 is 1.10 bits per heavy atom. The molecule has 0 atom stereocenters. The van der Waals surface area contributed by atoms with Gasteiger partial charge >= 0.3 is 0 Å². The van der Waals surface area contributed by atoms with Gasteiger partial charge in [0.1, 0.15) is 10.1 Å². The Labute approximate surface area is 187 Å². The molecule has 158 valence electrons. The largest absolute Gasteiger partial charge is 0.493 e. The summed E-state index contributed by atoms with van der Waals surface area (Å²) in [5.41, 5.74) is 2.06. The average Bonchev–Trinajstić information content (AvgIpc) is 3.01. The van der Waals surface area contributed by atoms with Gasteiger partial charge in [0, 0.05) is 19.0 Å². The first-order valence-corrected chi connectivity index (χ1v) is 11.0. The summed E-state index contributed by atoms with van der Waals surface area (Å²) < 4.78 is 17.8. The molecule has 1 amide bonds. The maximum absolute atomic E-state index is 12.3. The quantitative estimate of drug-likeness (QED) is 0.311. The molecule has 7 heteroatoms. The number of methoxy groups -OCH3 is 1. The van der Waals surface area contributed by atoms with Crippen LogP contribution in [0.15, 0.2) is 47.4 Å². The molecule has 0 N–H and O–H groups in total. The standard InChI is InChI=1S/C23H25NO4S2/c1-4-16-9-11-18(12-10-16)27-13-6-14-28-21-17(7-5-8-19(21)26-3)15-20-22(25)24(2)23(29)30-20/h5,7-12,15H,4,6,13-14H2,1-3H3. The van der Waals surface area contributed by atoms with Gasteiger partial charge in [0.05, 0.1) is 25.2 Å². The number of thioether (sulfide) groups is 1. The van der Waals surface area contributed by atoms with E-state index in [1.165, 1.54) is 22.2 Å². The molecular weight excluding hydrogens is 418 g/mol. The van der Waals surface area contributed by atoms with Crippen molar-refractivity contribution < 1.29 is 19.0 Å². The third-order valence-corrected chi connectivity index (χ3v) is 6.12. The Bertz CT molecular complexity index is 941. The first kappa shape index (κ1) is 22.2. The third kappa shape index (κ3) is 5.34. The fourth-order valence-corrected chi connectivity index (χ4v) is 4.06. The van der Waals surface area contributed by atoms with Crippen molar-refractivity contribution in [3.63, 3.8) is 0 Å². The summed E-state index contributed by atoms with van der Waals surface area (Å²) in [7, 11) is 3.28. The highest BCUT2D eigenvalue weighted by atomic mass is 32.2. The molecule has 5 nitrogen and oxygen atoms in total. The number of carbonyl (C=O) groups is 1. The van der Waals surface area contributed by atoms with E-state index in [2.05, 4.69) is 19.1 Å². The van der Waals surface area contributed by atoms with Crippen LogP contribution in [0, 0.1) is 0 Å². The van der Waals surface area contributed by atoms with Crippen molar-refractivity contribution in [3.8, 4) is 17.2 Å². The predicted octanol–water partition coefficient (Wildman–Crippen LogP) is 4.94. The molecule has 0 aromatic heterocycles. The highest BCUT2D eigenvalue weighted by molar-refractivity contribution is 8.26. The average molecular weight is 444 g/mol. The molecule has 1 fully saturated rings. The molecule has 3 rings (SSSR count). The van der Waals surface area contributed by atoms with Crippen LogP contribution in [0.1, 0.15) is 24.5 Å². The lowest BCUT2D eigenvalue weighted by Crippen LogP contribution is -2.22. The van der Waals surface area contributed by atoms with Crippen molar-refractivity contribution >= 4 is 40.3 Å². The Hall–Kier alpha value is -2.51. The van der Waals surface area contributed by atoms with Gasteiger partial charge in [-0.15, -0.1) is 0 Å². The summed E-state index contributed by atoms with van der Waals surface area (Å²) in [6.07, 6.45) is 3.52. The van der Waals surface area contributed by atoms with E-state index >= 15 is 0 Å². The Kier molecular flexibility index (Phi) is 7.76. The zero-order valence-electron chi connectivity index (χ0n) is 17.3. The summed E-state index contributed by atoms with van der Waals surface area (Å²) in [6, 6.07) is 13.7. The van der Waals surface area contributed by atoms with Crippen molar-refractivity contribution in [2.24, 2.45) is 0 Å². The van der Waals surface area contributed by atoms with Gasteiger partial charge in [-0.2, -0.15) is 0 Å². The first-order valence-electron chi connectivity index (χ1n) is 9.76. The number of thiocarbonyl (C=S) groups is 1. The molecule has 1 aliphatic heterocycles. The second-order valence-corrected chi connectivity index (χ2v) is 8.34. The van der Waals surface area contributed by atoms with Crippen LogP contribution in [-0.4, -0.2) is 42.5 Å². The van der Waals surface area contributed by atoms with Crippen LogP contribution < -0.4 is 14.2 Å². The van der Waals surface area contributed by atoms with Crippen LogP contribution in [0.25, 0.3) is 6.08 Å². The van der Waals surface area contributed by atoms with Crippen molar-refractivity contribution in [1.82, 2.24) is 4.90 Å². The fourth-order valence-electron chi connectivity index (χ4n) is 2.89. The van der Waals surface area contributed by atoms with Crippen LogP contribution in [0.2, 0.25) is 0 Å². The molecule has 2 aromatic rings. The maximum Gasteiger partial charge on any atom is 0.265 e. The van der Waals surface area contributed by atoms with Crippen LogP contribution in [0.4, 0.5) is 0 Å². The molecule has 0 unspecified atom stereocenters. The number of hydrogen-bond acceptors (Lipinski definition) is 6. The lowest BCUT2D eigenvalue weighted by molar-refractivity contribution is -0.121. The number of para-hydroxylation sites is 1. The number of carbonyl (C=O) groups excluding carboxylic acids is 1. The lowest BCUT2D eigenvalue weighted by atomic mass is 10.1. The van der Waals surface area contributed by atoms with Gasteiger partial charge in [-0.3, -0.25) is 9.69 Å². The molecule has 0 bridgehead atoms. The number of benzene rings is 2. The smallest absolute Gasteiger partial charge is 0.265 e. The van der Waals surface area contributed by atoms with E-state index in [1.807, 2.05) is 30.3 Å². The van der Waals surface area contributed by atoms with Crippen molar-refractivity contribution in [1.29, 1.82) is 0 Å². The molecule has 0 aliphatic carbocycles. The number of likely N-dealkylation sites (N-methyl/N-ethyl adjacent to an activating group) is 1. The molecule has 30 heavy (non-hydrogen) atoms. The van der Waals surface area contributed by atoms with E-state index < -0.39 is 0 Å². The summed E-state index contributed by atoms with van der Waals surface area (Å²) in [6.45, 7) is 3.14. The number of nitrogens with zero attached hydrogens (tertiary/aromatic N) is 1. The minimum Gasteiger partial charge on any atom is -0.493 e. The number of hydrogen-bond donors (Lipinski definition) is 0. The summed E-state index contributed by atoms with van der Waals surface area (Å²) in [5.74, 6) is 1.97. The van der Waals surface area contributed by atoms with E-state index in [0.29, 0.717) is 40.4 Å². The topological polar surface area (TPSA) is 48.0 Å². The second-order valence-electron chi connectivity index (χ2n) is 6.67. The second kappa shape index (κ2) is 10.5. The Balaban J connectivity index is 1.62. The molecule has 0 radical (unpaired) electrons. The monoisotopic (exact) mass is 443 g/mol. The number of aryl methyl sites for hydroxylation is 1. The van der Waals surface area contributed by atoms with Gasteiger partial charge in [0.15, 0.2) is 11.5 Å². The van der Waals surface area contributed by atoms with Gasteiger partial charge in [-0.05, 0) is 36.3 Å². The van der Waals surface area contributed by atoms with Crippen LogP contribution in [0.3, 0.4) is 0 Å². The van der Waals surface area contributed by atoms with Gasteiger partial charge in [0.2, 0.25) is 0 Å². The molecule has 0 spiro atoms. The predicted molar refractivity (Wildman–Crippen MR) is 125 cm³/mol. The van der Waals surface area contributed by atoms with Gasteiger partial charge < -0.3 is 14.2 Å². The van der Waals surface area contributed by atoms with Gasteiger partial charge in [-0.1, -0.05) is 55.2 Å². The zero-order valence-corrected chi connectivity index (χ0v) is 19.0. The molecule has 1 saturated heterocycles. The van der Waals surface area contributed by atoms with Crippen molar-refractivity contribution in [3.05, 3.63) is 58.5 Å². The van der Waals surface area contributed by atoms with Crippen LogP contribution in [-0.2, 0) is 11.2 Å². The maximum atomic E-state index is 12.3. The third-order valence-electron chi connectivity index (χ3n) is 4.64. The van der Waals surface area contributed by atoms with Crippen LogP contribution in [0.5, 0.6) is 17.2 Å². The highest BCUT2D eigenvalue weighted by Crippen LogP contribution is 2.37. The van der Waals surface area contributed by atoms with E-state index in [1.54, 1.807) is 20.2 Å². The molecule has 1 heterocycles. The van der Waals surface area contributed by atoms with Gasteiger partial charge in [-0.25, -0.2) is 0 Å². The molecule has 2 aromatic carbocycles. The van der Waals surface area contributed by atoms with E-state index in [9.17, 15) is 4.79 Å². The van der Waals surface area contributed by atoms with E-state index in [4.69, 9.17) is 26.4 Å². The summed E-state index contributed by atoms with van der Waals surface area (Å²) in [4.78, 5) is 14.4. The van der Waals surface area contributed by atoms with Crippen LogP contribution >= 0.6 is 24.0 Å². The van der Waals surface area contributed by atoms with E-state index in [0.717, 1.165) is 17.7 Å². The molecule has 0 saturated carbocycles. The molecular formula is C23H25NO4S2. The molecule has 1 aliphatic rings. The number of rotatable bonds is 9. The minimum atomic E-state index is -0.110. The fraction of sp³-hybridized carbons (Fsp3) is 0.304. The van der Waals surface area contributed by atoms with Crippen molar-refractivity contribution in [2.75, 3.05) is 27.4 Å². The van der Waals surface area contributed by atoms with Crippen molar-refractivity contribution in [2.45, 2.75) is 19.8 Å².